The molecule has 1 aromatic carbocycles. The Balaban J connectivity index is 1.57. The summed E-state index contributed by atoms with van der Waals surface area (Å²) >= 11 is 1.45. The third kappa shape index (κ3) is 5.23. The molecule has 1 atom stereocenters. The Hall–Kier alpha value is -3.07. The number of carbonyl (C=O) groups is 2. The van der Waals surface area contributed by atoms with Crippen molar-refractivity contribution >= 4 is 23.2 Å². The predicted octanol–water partition coefficient (Wildman–Crippen LogP) is 3.29. The van der Waals surface area contributed by atoms with Crippen LogP contribution in [0.3, 0.4) is 0 Å². The van der Waals surface area contributed by atoms with Crippen LogP contribution in [0.4, 0.5) is 4.39 Å². The minimum Gasteiger partial charge on any atom is -0.469 e. The molecule has 9 heteroatoms. The molecule has 0 aliphatic heterocycles. The highest BCUT2D eigenvalue weighted by atomic mass is 32.1. The molecule has 2 aromatic heterocycles. The van der Waals surface area contributed by atoms with E-state index in [-0.39, 0.29) is 31.0 Å². The number of halogens is 1. The van der Waals surface area contributed by atoms with Crippen molar-refractivity contribution in [1.29, 1.82) is 0 Å². The van der Waals surface area contributed by atoms with Gasteiger partial charge in [0.25, 0.3) is 0 Å². The lowest BCUT2D eigenvalue weighted by Gasteiger charge is -2.16. The Morgan fingerprint density at radius 3 is 2.75 bits per heavy atom. The number of aromatic nitrogens is 2. The van der Waals surface area contributed by atoms with Crippen molar-refractivity contribution in [3.05, 3.63) is 58.4 Å². The van der Waals surface area contributed by atoms with Crippen LogP contribution in [0.2, 0.25) is 0 Å². The summed E-state index contributed by atoms with van der Waals surface area (Å²) in [6, 6.07) is 8.98. The number of thiophene rings is 1. The topological polar surface area (TPSA) is 94.3 Å². The summed E-state index contributed by atoms with van der Waals surface area (Å²) in [6.45, 7) is 0. The summed E-state index contributed by atoms with van der Waals surface area (Å²) in [4.78, 5) is 29.0. The molecule has 146 valence electrons. The fraction of sp³-hybridized carbons (Fsp3) is 0.263. The highest BCUT2D eigenvalue weighted by molar-refractivity contribution is 7.10. The van der Waals surface area contributed by atoms with Crippen molar-refractivity contribution < 1.29 is 23.2 Å². The van der Waals surface area contributed by atoms with Gasteiger partial charge in [0.2, 0.25) is 17.6 Å². The van der Waals surface area contributed by atoms with Crippen molar-refractivity contribution in [2.24, 2.45) is 0 Å². The number of ether oxygens (including phenoxy) is 1. The summed E-state index contributed by atoms with van der Waals surface area (Å²) in [7, 11) is 1.31. The maximum atomic E-state index is 13.0. The number of nitrogens with one attached hydrogen (secondary N) is 1. The van der Waals surface area contributed by atoms with Crippen molar-refractivity contribution in [3.63, 3.8) is 0 Å². The highest BCUT2D eigenvalue weighted by Gasteiger charge is 2.20. The number of carbonyl (C=O) groups excluding carboxylic acids is 2. The van der Waals surface area contributed by atoms with Crippen LogP contribution < -0.4 is 5.32 Å². The minimum absolute atomic E-state index is 0.0536. The van der Waals surface area contributed by atoms with Gasteiger partial charge in [0.1, 0.15) is 5.82 Å². The number of amides is 1. The van der Waals surface area contributed by atoms with Crippen LogP contribution in [0.1, 0.15) is 29.7 Å². The number of aryl methyl sites for hydroxylation is 1. The molecular formula is C19H18FN3O4S. The van der Waals surface area contributed by atoms with Crippen LogP contribution in [0.15, 0.2) is 46.3 Å². The fourth-order valence-corrected chi connectivity index (χ4v) is 3.30. The molecule has 3 rings (SSSR count). The van der Waals surface area contributed by atoms with Gasteiger partial charge in [-0.2, -0.15) is 4.98 Å². The third-order valence-electron chi connectivity index (χ3n) is 3.96. The van der Waals surface area contributed by atoms with E-state index in [9.17, 15) is 14.0 Å². The lowest BCUT2D eigenvalue weighted by atomic mass is 10.1. The molecule has 28 heavy (non-hydrogen) atoms. The first-order chi connectivity index (χ1) is 13.5. The largest absolute Gasteiger partial charge is 0.469 e. The second-order valence-corrected chi connectivity index (χ2v) is 6.91. The van der Waals surface area contributed by atoms with Gasteiger partial charge >= 0.3 is 5.97 Å². The van der Waals surface area contributed by atoms with Crippen molar-refractivity contribution in [1.82, 2.24) is 15.5 Å². The van der Waals surface area contributed by atoms with E-state index in [1.54, 1.807) is 12.1 Å². The van der Waals surface area contributed by atoms with E-state index in [2.05, 4.69) is 15.5 Å². The molecule has 0 fully saturated rings. The first kappa shape index (κ1) is 19.7. The smallest absolute Gasteiger partial charge is 0.307 e. The zero-order valence-electron chi connectivity index (χ0n) is 15.1. The average molecular weight is 403 g/mol. The lowest BCUT2D eigenvalue weighted by Crippen LogP contribution is -2.30. The molecule has 0 aliphatic carbocycles. The molecule has 0 radical (unpaired) electrons. The zero-order chi connectivity index (χ0) is 19.9. The van der Waals surface area contributed by atoms with Crippen molar-refractivity contribution in [3.8, 4) is 11.4 Å². The Morgan fingerprint density at radius 1 is 1.29 bits per heavy atom. The van der Waals surface area contributed by atoms with E-state index in [1.165, 1.54) is 30.6 Å². The molecule has 1 amide bonds. The van der Waals surface area contributed by atoms with Gasteiger partial charge in [-0.3, -0.25) is 9.59 Å². The van der Waals surface area contributed by atoms with Crippen molar-refractivity contribution in [2.45, 2.75) is 25.3 Å². The van der Waals surface area contributed by atoms with Gasteiger partial charge in [0.05, 0.1) is 19.6 Å². The normalized spacial score (nSPS) is 11.8. The molecular weight excluding hydrogens is 385 g/mol. The number of nitrogens with zero attached hydrogens (tertiary/aromatic N) is 2. The van der Waals surface area contributed by atoms with Crippen LogP contribution >= 0.6 is 11.3 Å². The Kier molecular flexibility index (Phi) is 6.49. The number of rotatable bonds is 8. The number of hydrogen-bond donors (Lipinski definition) is 1. The SMILES string of the molecule is COC(=O)CC(NC(=O)CCc1nc(-c2ccc(F)cc2)no1)c1cccs1. The van der Waals surface area contributed by atoms with E-state index in [1.807, 2.05) is 17.5 Å². The summed E-state index contributed by atoms with van der Waals surface area (Å²) < 4.78 is 22.8. The molecule has 0 spiro atoms. The highest BCUT2D eigenvalue weighted by Crippen LogP contribution is 2.23. The second kappa shape index (κ2) is 9.23. The van der Waals surface area contributed by atoms with E-state index in [0.717, 1.165) is 4.88 Å². The Labute approximate surface area is 164 Å². The van der Waals surface area contributed by atoms with Gasteiger partial charge in [0, 0.05) is 23.3 Å². The standard InChI is InChI=1S/C19H18FN3O4S/c1-26-18(25)11-14(15-3-2-10-28-15)21-16(24)8-9-17-22-19(23-27-17)12-4-6-13(20)7-5-12/h2-7,10,14H,8-9,11H2,1H3,(H,21,24). The second-order valence-electron chi connectivity index (χ2n) is 5.93. The third-order valence-corrected chi connectivity index (χ3v) is 4.94. The first-order valence-electron chi connectivity index (χ1n) is 8.53. The quantitative estimate of drug-likeness (QED) is 0.580. The maximum absolute atomic E-state index is 13.0. The maximum Gasteiger partial charge on any atom is 0.307 e. The van der Waals surface area contributed by atoms with Gasteiger partial charge in [-0.15, -0.1) is 11.3 Å². The van der Waals surface area contributed by atoms with Crippen LogP contribution in [-0.4, -0.2) is 29.1 Å². The Bertz CT molecular complexity index is 925. The molecule has 0 saturated heterocycles. The first-order valence-corrected chi connectivity index (χ1v) is 9.41. The lowest BCUT2D eigenvalue weighted by molar-refractivity contribution is -0.141. The molecule has 7 nitrogen and oxygen atoms in total. The molecule has 1 unspecified atom stereocenters. The fourth-order valence-electron chi connectivity index (χ4n) is 2.52. The van der Waals surface area contributed by atoms with Gasteiger partial charge in [-0.1, -0.05) is 11.2 Å². The van der Waals surface area contributed by atoms with E-state index < -0.39 is 12.0 Å². The van der Waals surface area contributed by atoms with Crippen LogP contribution in [0.5, 0.6) is 0 Å². The van der Waals surface area contributed by atoms with E-state index in [4.69, 9.17) is 9.26 Å². The molecule has 0 bridgehead atoms. The summed E-state index contributed by atoms with van der Waals surface area (Å²) in [5.41, 5.74) is 0.622. The number of methoxy groups -OCH3 is 1. The average Bonchev–Trinajstić information content (AvgIpc) is 3.38. The Morgan fingerprint density at radius 2 is 2.07 bits per heavy atom. The van der Waals surface area contributed by atoms with E-state index in [0.29, 0.717) is 17.3 Å². The van der Waals surface area contributed by atoms with E-state index >= 15 is 0 Å². The molecule has 3 aromatic rings. The summed E-state index contributed by atoms with van der Waals surface area (Å²) in [5, 5.41) is 8.56. The molecule has 2 heterocycles. The van der Waals surface area contributed by atoms with Gasteiger partial charge in [-0.05, 0) is 35.7 Å². The monoisotopic (exact) mass is 403 g/mol. The predicted molar refractivity (Wildman–Crippen MR) is 99.8 cm³/mol. The van der Waals surface area contributed by atoms with Gasteiger partial charge in [0.15, 0.2) is 0 Å². The van der Waals surface area contributed by atoms with Crippen LogP contribution in [0, 0.1) is 5.82 Å². The van der Waals surface area contributed by atoms with Gasteiger partial charge in [-0.25, -0.2) is 4.39 Å². The van der Waals surface area contributed by atoms with Crippen molar-refractivity contribution in [2.75, 3.05) is 7.11 Å². The number of esters is 1. The summed E-state index contributed by atoms with van der Waals surface area (Å²) in [6.07, 6.45) is 0.418. The van der Waals surface area contributed by atoms with Crippen LogP contribution in [0.25, 0.3) is 11.4 Å². The minimum atomic E-state index is -0.447. The van der Waals surface area contributed by atoms with Crippen LogP contribution in [-0.2, 0) is 20.7 Å². The molecule has 0 aliphatic rings. The number of hydrogen-bond acceptors (Lipinski definition) is 7. The summed E-state index contributed by atoms with van der Waals surface area (Å²) in [5.74, 6) is -0.368. The molecule has 1 N–H and O–H groups in total. The number of benzene rings is 1. The molecule has 0 saturated carbocycles. The van der Waals surface area contributed by atoms with Gasteiger partial charge < -0.3 is 14.6 Å². The zero-order valence-corrected chi connectivity index (χ0v) is 15.9.